The van der Waals surface area contributed by atoms with E-state index in [0.29, 0.717) is 6.54 Å². The standard InChI is InChI=1S/C17H19BrN4O2/c1-10-16(11(2)21(3)20-10)19-17(24)12-8-15(23)22(9-12)14-7-5-4-6-13(14)18/h4-7,12H,8-9H2,1-3H3,(H,19,24)/t12-/m0/s1. The molecular formula is C17H19BrN4O2. The average molecular weight is 391 g/mol. The van der Waals surface area contributed by atoms with Crippen molar-refractivity contribution in [1.29, 1.82) is 0 Å². The van der Waals surface area contributed by atoms with Crippen molar-refractivity contribution in [2.75, 3.05) is 16.8 Å². The number of rotatable bonds is 3. The van der Waals surface area contributed by atoms with E-state index in [2.05, 4.69) is 26.3 Å². The second-order valence-electron chi connectivity index (χ2n) is 6.02. The molecule has 7 heteroatoms. The normalized spacial score (nSPS) is 17.4. The number of benzene rings is 1. The van der Waals surface area contributed by atoms with Crippen molar-refractivity contribution in [3.05, 3.63) is 40.1 Å². The summed E-state index contributed by atoms with van der Waals surface area (Å²) in [7, 11) is 1.84. The van der Waals surface area contributed by atoms with E-state index in [1.54, 1.807) is 9.58 Å². The van der Waals surface area contributed by atoms with E-state index < -0.39 is 0 Å². The van der Waals surface area contributed by atoms with Crippen molar-refractivity contribution in [1.82, 2.24) is 9.78 Å². The third kappa shape index (κ3) is 2.96. The third-order valence-corrected chi connectivity index (χ3v) is 5.07. The van der Waals surface area contributed by atoms with Crippen molar-refractivity contribution in [3.8, 4) is 0 Å². The van der Waals surface area contributed by atoms with E-state index in [9.17, 15) is 9.59 Å². The molecule has 1 aromatic heterocycles. The molecule has 1 aliphatic rings. The van der Waals surface area contributed by atoms with Crippen molar-refractivity contribution in [2.24, 2.45) is 13.0 Å². The van der Waals surface area contributed by atoms with Crippen LogP contribution in [0.5, 0.6) is 0 Å². The Morgan fingerprint density at radius 1 is 1.33 bits per heavy atom. The molecule has 1 aliphatic heterocycles. The summed E-state index contributed by atoms with van der Waals surface area (Å²) in [5.41, 5.74) is 3.20. The molecule has 2 aromatic rings. The van der Waals surface area contributed by atoms with E-state index in [0.717, 1.165) is 27.2 Å². The van der Waals surface area contributed by atoms with E-state index >= 15 is 0 Å². The van der Waals surface area contributed by atoms with E-state index in [4.69, 9.17) is 0 Å². The number of carbonyl (C=O) groups is 2. The highest BCUT2D eigenvalue weighted by Crippen LogP contribution is 2.32. The van der Waals surface area contributed by atoms with Gasteiger partial charge in [-0.2, -0.15) is 5.10 Å². The molecule has 1 atom stereocenters. The summed E-state index contributed by atoms with van der Waals surface area (Å²) in [6.07, 6.45) is 0.214. The quantitative estimate of drug-likeness (QED) is 0.875. The van der Waals surface area contributed by atoms with Gasteiger partial charge < -0.3 is 10.2 Å². The zero-order chi connectivity index (χ0) is 17.4. The van der Waals surface area contributed by atoms with Crippen LogP contribution in [0.1, 0.15) is 17.8 Å². The van der Waals surface area contributed by atoms with Crippen LogP contribution in [0.15, 0.2) is 28.7 Å². The highest BCUT2D eigenvalue weighted by atomic mass is 79.9. The fourth-order valence-corrected chi connectivity index (χ4v) is 3.47. The number of hydrogen-bond acceptors (Lipinski definition) is 3. The Hall–Kier alpha value is -2.15. The number of nitrogens with one attached hydrogen (secondary N) is 1. The van der Waals surface area contributed by atoms with Crippen LogP contribution in [0.4, 0.5) is 11.4 Å². The van der Waals surface area contributed by atoms with Gasteiger partial charge in [0.1, 0.15) is 0 Å². The highest BCUT2D eigenvalue weighted by molar-refractivity contribution is 9.10. The van der Waals surface area contributed by atoms with Crippen LogP contribution in [0.2, 0.25) is 0 Å². The minimum absolute atomic E-state index is 0.0401. The molecule has 0 unspecified atom stereocenters. The molecule has 1 fully saturated rings. The predicted octanol–water partition coefficient (Wildman–Crippen LogP) is 2.79. The molecular weight excluding hydrogens is 372 g/mol. The van der Waals surface area contributed by atoms with E-state index in [1.165, 1.54) is 0 Å². The summed E-state index contributed by atoms with van der Waals surface area (Å²) in [6, 6.07) is 7.53. The number of hydrogen-bond donors (Lipinski definition) is 1. The predicted molar refractivity (Wildman–Crippen MR) is 95.9 cm³/mol. The summed E-state index contributed by atoms with van der Waals surface area (Å²) in [5, 5.41) is 7.23. The van der Waals surface area contributed by atoms with Gasteiger partial charge in [0, 0.05) is 24.5 Å². The SMILES string of the molecule is Cc1nn(C)c(C)c1NC(=O)[C@H]1CC(=O)N(c2ccccc2Br)C1. The number of amides is 2. The molecule has 24 heavy (non-hydrogen) atoms. The van der Waals surface area contributed by atoms with Gasteiger partial charge in [-0.25, -0.2) is 0 Å². The number of halogens is 1. The first-order valence-electron chi connectivity index (χ1n) is 7.74. The molecule has 1 N–H and O–H groups in total. The van der Waals surface area contributed by atoms with Gasteiger partial charge >= 0.3 is 0 Å². The highest BCUT2D eigenvalue weighted by Gasteiger charge is 2.36. The summed E-state index contributed by atoms with van der Waals surface area (Å²) in [5.74, 6) is -0.553. The maximum atomic E-state index is 12.6. The minimum atomic E-state index is -0.372. The number of aromatic nitrogens is 2. The van der Waals surface area contributed by atoms with Crippen molar-refractivity contribution in [3.63, 3.8) is 0 Å². The zero-order valence-corrected chi connectivity index (χ0v) is 15.4. The molecule has 2 amide bonds. The van der Waals surface area contributed by atoms with Crippen LogP contribution in [0, 0.1) is 19.8 Å². The van der Waals surface area contributed by atoms with Crippen LogP contribution in [0.25, 0.3) is 0 Å². The van der Waals surface area contributed by atoms with E-state index in [-0.39, 0.29) is 24.2 Å². The molecule has 0 spiro atoms. The molecule has 126 valence electrons. The molecule has 0 saturated carbocycles. The Labute approximate surface area is 149 Å². The number of nitrogens with zero attached hydrogens (tertiary/aromatic N) is 3. The number of carbonyl (C=O) groups excluding carboxylic acids is 2. The second kappa shape index (κ2) is 6.39. The molecule has 3 rings (SSSR count). The second-order valence-corrected chi connectivity index (χ2v) is 6.87. The lowest BCUT2D eigenvalue weighted by atomic mass is 10.1. The lowest BCUT2D eigenvalue weighted by Gasteiger charge is -2.18. The lowest BCUT2D eigenvalue weighted by Crippen LogP contribution is -2.28. The fourth-order valence-electron chi connectivity index (χ4n) is 2.97. The third-order valence-electron chi connectivity index (χ3n) is 4.40. The molecule has 1 saturated heterocycles. The maximum Gasteiger partial charge on any atom is 0.229 e. The summed E-state index contributed by atoms with van der Waals surface area (Å²) >= 11 is 3.46. The number of para-hydroxylation sites is 1. The first-order valence-corrected chi connectivity index (χ1v) is 8.53. The van der Waals surface area contributed by atoms with Gasteiger partial charge in [0.05, 0.1) is 28.7 Å². The van der Waals surface area contributed by atoms with Gasteiger partial charge in [-0.15, -0.1) is 0 Å². The minimum Gasteiger partial charge on any atom is -0.323 e. The molecule has 6 nitrogen and oxygen atoms in total. The topological polar surface area (TPSA) is 67.2 Å². The van der Waals surface area contributed by atoms with Crippen molar-refractivity contribution >= 4 is 39.1 Å². The van der Waals surface area contributed by atoms with Gasteiger partial charge in [-0.3, -0.25) is 14.3 Å². The zero-order valence-electron chi connectivity index (χ0n) is 13.8. The molecule has 1 aromatic carbocycles. The van der Waals surface area contributed by atoms with Crippen molar-refractivity contribution < 1.29 is 9.59 Å². The van der Waals surface area contributed by atoms with Crippen LogP contribution in [-0.4, -0.2) is 28.1 Å². The lowest BCUT2D eigenvalue weighted by molar-refractivity contribution is -0.122. The largest absolute Gasteiger partial charge is 0.323 e. The summed E-state index contributed by atoms with van der Waals surface area (Å²) in [4.78, 5) is 26.6. The summed E-state index contributed by atoms with van der Waals surface area (Å²) < 4.78 is 2.58. The first kappa shape index (κ1) is 16.7. The number of anilines is 2. The molecule has 0 bridgehead atoms. The molecule has 2 heterocycles. The van der Waals surface area contributed by atoms with Crippen LogP contribution >= 0.6 is 15.9 Å². The maximum absolute atomic E-state index is 12.6. The monoisotopic (exact) mass is 390 g/mol. The Bertz CT molecular complexity index is 815. The average Bonchev–Trinajstić information content (AvgIpc) is 3.03. The van der Waals surface area contributed by atoms with Gasteiger partial charge in [0.15, 0.2) is 0 Å². The van der Waals surface area contributed by atoms with Crippen LogP contribution < -0.4 is 10.2 Å². The van der Waals surface area contributed by atoms with Crippen LogP contribution in [0.3, 0.4) is 0 Å². The molecule has 0 radical (unpaired) electrons. The Morgan fingerprint density at radius 3 is 2.67 bits per heavy atom. The van der Waals surface area contributed by atoms with Crippen molar-refractivity contribution in [2.45, 2.75) is 20.3 Å². The molecule has 0 aliphatic carbocycles. The summed E-state index contributed by atoms with van der Waals surface area (Å²) in [6.45, 7) is 4.14. The van der Waals surface area contributed by atoms with Gasteiger partial charge in [0.2, 0.25) is 11.8 Å². The van der Waals surface area contributed by atoms with Gasteiger partial charge in [-0.1, -0.05) is 12.1 Å². The Kier molecular flexibility index (Phi) is 4.45. The number of aryl methyl sites for hydroxylation is 2. The smallest absolute Gasteiger partial charge is 0.229 e. The van der Waals surface area contributed by atoms with Gasteiger partial charge in [0.25, 0.3) is 0 Å². The Morgan fingerprint density at radius 2 is 2.04 bits per heavy atom. The van der Waals surface area contributed by atoms with Gasteiger partial charge in [-0.05, 0) is 41.9 Å². The first-order chi connectivity index (χ1) is 11.4. The Balaban J connectivity index is 1.76. The van der Waals surface area contributed by atoms with Crippen LogP contribution in [-0.2, 0) is 16.6 Å². The fraction of sp³-hybridized carbons (Fsp3) is 0.353. The van der Waals surface area contributed by atoms with E-state index in [1.807, 2.05) is 45.2 Å².